The first-order valence-corrected chi connectivity index (χ1v) is 12.4. The number of hydrogen-bond acceptors (Lipinski definition) is 2. The zero-order valence-corrected chi connectivity index (χ0v) is 21.9. The molecule has 3 aromatic carbocycles. The van der Waals surface area contributed by atoms with Crippen molar-refractivity contribution in [2.45, 2.75) is 49.4 Å². The Hall–Kier alpha value is -2.87. The number of rotatable bonds is 0. The van der Waals surface area contributed by atoms with Gasteiger partial charge in [0.25, 0.3) is 0 Å². The van der Waals surface area contributed by atoms with Gasteiger partial charge in [-0.2, -0.15) is 0 Å². The molecule has 0 N–H and O–H groups in total. The van der Waals surface area contributed by atoms with E-state index in [2.05, 4.69) is 65.6 Å². The van der Waals surface area contributed by atoms with Crippen molar-refractivity contribution in [3.05, 3.63) is 108 Å². The minimum absolute atomic E-state index is 0. The van der Waals surface area contributed by atoms with Crippen molar-refractivity contribution in [3.63, 3.8) is 0 Å². The van der Waals surface area contributed by atoms with E-state index in [-0.39, 0.29) is 20.1 Å². The van der Waals surface area contributed by atoms with Gasteiger partial charge in [0.2, 0.25) is 0 Å². The Morgan fingerprint density at radius 2 is 1.26 bits per heavy atom. The molecule has 3 aliphatic carbocycles. The minimum Gasteiger partial charge on any atom is -0.304 e. The second-order valence-electron chi connectivity index (χ2n) is 10.0. The molecule has 2 aromatic heterocycles. The van der Waals surface area contributed by atoms with Gasteiger partial charge < -0.3 is 9.97 Å². The first-order valence-electron chi connectivity index (χ1n) is 12.4. The molecular formula is C32H26IrN2-2. The molecule has 3 aliphatic rings. The van der Waals surface area contributed by atoms with Crippen molar-refractivity contribution < 1.29 is 20.1 Å². The molecule has 2 saturated carbocycles. The Morgan fingerprint density at radius 3 is 2.11 bits per heavy atom. The van der Waals surface area contributed by atoms with Crippen LogP contribution in [0.1, 0.15) is 49.7 Å². The standard InChI is InChI=1S/C19H18N.C13H8N.Ir/c1-2-7-15-14(6-1)17-16(8-3-13-20-17)19-11-4-9-18(15,19)10-5-12-19;1-2-6-12-10(4-1)7-8-11-5-3-9-14-13(11)12;/h1-3,7-8,13H,4-5,9-12H2;1-5,7-9H;/q2*-1;. The van der Waals surface area contributed by atoms with Gasteiger partial charge in [0, 0.05) is 32.5 Å². The van der Waals surface area contributed by atoms with E-state index < -0.39 is 0 Å². The van der Waals surface area contributed by atoms with Crippen LogP contribution >= 0.6 is 0 Å². The van der Waals surface area contributed by atoms with Crippen LogP contribution in [0.25, 0.3) is 32.9 Å². The molecule has 3 heteroatoms. The van der Waals surface area contributed by atoms with Crippen LogP contribution in [0.2, 0.25) is 0 Å². The van der Waals surface area contributed by atoms with Crippen molar-refractivity contribution in [2.24, 2.45) is 0 Å². The third kappa shape index (κ3) is 3.18. The maximum atomic E-state index is 4.74. The van der Waals surface area contributed by atoms with Crippen molar-refractivity contribution >= 4 is 21.7 Å². The Labute approximate surface area is 220 Å². The number of benzene rings is 3. The summed E-state index contributed by atoms with van der Waals surface area (Å²) in [4.78, 5) is 9.12. The fraction of sp³-hybridized carbons (Fsp3) is 0.250. The molecule has 0 amide bonds. The van der Waals surface area contributed by atoms with Gasteiger partial charge in [-0.3, -0.25) is 0 Å². The minimum atomic E-state index is 0. The van der Waals surface area contributed by atoms with Gasteiger partial charge in [-0.1, -0.05) is 55.5 Å². The van der Waals surface area contributed by atoms with Crippen LogP contribution in [0.4, 0.5) is 0 Å². The zero-order valence-electron chi connectivity index (χ0n) is 19.6. The summed E-state index contributed by atoms with van der Waals surface area (Å²) >= 11 is 0. The van der Waals surface area contributed by atoms with E-state index in [1.165, 1.54) is 66.1 Å². The average molecular weight is 631 g/mol. The van der Waals surface area contributed by atoms with Crippen molar-refractivity contribution in [2.75, 3.05) is 0 Å². The second kappa shape index (κ2) is 8.66. The molecule has 2 nitrogen and oxygen atoms in total. The Morgan fingerprint density at radius 1 is 0.629 bits per heavy atom. The number of pyridine rings is 2. The smallest absolute Gasteiger partial charge is 0.0161 e. The summed E-state index contributed by atoms with van der Waals surface area (Å²) in [6.07, 6.45) is 11.9. The molecule has 0 aliphatic heterocycles. The van der Waals surface area contributed by atoms with Crippen LogP contribution in [0.15, 0.2) is 85.2 Å². The summed E-state index contributed by atoms with van der Waals surface area (Å²) in [5.41, 5.74) is 7.34. The van der Waals surface area contributed by atoms with Crippen molar-refractivity contribution in [3.8, 4) is 11.3 Å². The molecule has 35 heavy (non-hydrogen) atoms. The van der Waals surface area contributed by atoms with Gasteiger partial charge in [0.05, 0.1) is 0 Å². The van der Waals surface area contributed by atoms with Crippen molar-refractivity contribution in [1.82, 2.24) is 9.97 Å². The summed E-state index contributed by atoms with van der Waals surface area (Å²) in [5.74, 6) is 0. The number of hydrogen-bond donors (Lipinski definition) is 0. The monoisotopic (exact) mass is 631 g/mol. The van der Waals surface area contributed by atoms with Crippen LogP contribution in [-0.4, -0.2) is 9.97 Å². The number of fused-ring (bicyclic) bond motifs is 6. The summed E-state index contributed by atoms with van der Waals surface area (Å²) < 4.78 is 0. The van der Waals surface area contributed by atoms with Gasteiger partial charge >= 0.3 is 0 Å². The molecule has 0 atom stereocenters. The molecule has 175 valence electrons. The predicted molar refractivity (Wildman–Crippen MR) is 138 cm³/mol. The van der Waals surface area contributed by atoms with Crippen molar-refractivity contribution in [1.29, 1.82) is 0 Å². The Bertz CT molecular complexity index is 1420. The summed E-state index contributed by atoms with van der Waals surface area (Å²) in [7, 11) is 0. The normalized spacial score (nSPS) is 23.3. The summed E-state index contributed by atoms with van der Waals surface area (Å²) in [6.45, 7) is 0. The SMILES string of the molecule is [Ir].[c-]1cccc2c1-c1ncccc1C13CCCC21CCC3.[c-]1cccc2ccc3cccnc3c12. The van der Waals surface area contributed by atoms with E-state index in [1.54, 1.807) is 5.56 Å². The Balaban J connectivity index is 0.000000135. The fourth-order valence-corrected chi connectivity index (χ4v) is 7.40. The van der Waals surface area contributed by atoms with E-state index in [4.69, 9.17) is 4.98 Å². The van der Waals surface area contributed by atoms with Crippen LogP contribution in [-0.2, 0) is 30.9 Å². The van der Waals surface area contributed by atoms with E-state index >= 15 is 0 Å². The number of nitrogens with zero attached hydrogens (tertiary/aromatic N) is 2. The van der Waals surface area contributed by atoms with Gasteiger partial charge in [0.1, 0.15) is 0 Å². The molecule has 0 saturated heterocycles. The molecule has 0 spiro atoms. The zero-order chi connectivity index (χ0) is 22.6. The topological polar surface area (TPSA) is 25.8 Å². The predicted octanol–water partition coefficient (Wildman–Crippen LogP) is 7.59. The van der Waals surface area contributed by atoms with E-state index in [1.807, 2.05) is 36.7 Å². The average Bonchev–Trinajstić information content (AvgIpc) is 3.48. The fourth-order valence-electron chi connectivity index (χ4n) is 7.40. The van der Waals surface area contributed by atoms with Crippen LogP contribution in [0.5, 0.6) is 0 Å². The van der Waals surface area contributed by atoms with Gasteiger partial charge in [0.15, 0.2) is 0 Å². The molecule has 1 radical (unpaired) electrons. The molecular weight excluding hydrogens is 605 g/mol. The molecule has 2 heterocycles. The van der Waals surface area contributed by atoms with Gasteiger partial charge in [-0.25, -0.2) is 0 Å². The van der Waals surface area contributed by atoms with E-state index in [0.29, 0.717) is 10.8 Å². The van der Waals surface area contributed by atoms with E-state index in [9.17, 15) is 0 Å². The Kier molecular flexibility index (Phi) is 5.59. The maximum absolute atomic E-state index is 4.74. The third-order valence-electron chi connectivity index (χ3n) is 8.67. The summed E-state index contributed by atoms with van der Waals surface area (Å²) in [6, 6.07) is 32.0. The number of aromatic nitrogens is 2. The van der Waals surface area contributed by atoms with Gasteiger partial charge in [-0.05, 0) is 52.4 Å². The largest absolute Gasteiger partial charge is 0.304 e. The van der Waals surface area contributed by atoms with Gasteiger partial charge in [-0.15, -0.1) is 70.4 Å². The van der Waals surface area contributed by atoms with E-state index in [0.717, 1.165) is 10.9 Å². The molecule has 5 aromatic rings. The maximum Gasteiger partial charge on any atom is 0.0161 e. The van der Waals surface area contributed by atoms with Crippen LogP contribution in [0.3, 0.4) is 0 Å². The first-order chi connectivity index (χ1) is 16.8. The summed E-state index contributed by atoms with van der Waals surface area (Å²) in [5, 5.41) is 3.46. The molecule has 8 rings (SSSR count). The first kappa shape index (κ1) is 22.6. The molecule has 0 bridgehead atoms. The quantitative estimate of drug-likeness (QED) is 0.130. The second-order valence-corrected chi connectivity index (χ2v) is 10.0. The van der Waals surface area contributed by atoms with Crippen LogP contribution < -0.4 is 0 Å². The molecule has 2 fully saturated rings. The third-order valence-corrected chi connectivity index (χ3v) is 8.67. The molecule has 0 unspecified atom stereocenters. The van der Waals surface area contributed by atoms with Crippen LogP contribution in [0, 0.1) is 12.1 Å².